The largest absolute Gasteiger partial charge is 0.508 e. The van der Waals surface area contributed by atoms with E-state index >= 15 is 0 Å². The summed E-state index contributed by atoms with van der Waals surface area (Å²) in [5.41, 5.74) is 0. The van der Waals surface area contributed by atoms with Crippen LogP contribution in [0.15, 0.2) is 45.5 Å². The summed E-state index contributed by atoms with van der Waals surface area (Å²) in [6.07, 6.45) is 3.84. The smallest absolute Gasteiger partial charge is 0.262 e. The van der Waals surface area contributed by atoms with Crippen molar-refractivity contribution in [3.8, 4) is 5.75 Å². The summed E-state index contributed by atoms with van der Waals surface area (Å²) in [5, 5.41) is 12.7. The highest BCUT2D eigenvalue weighted by Gasteiger charge is 2.34. The van der Waals surface area contributed by atoms with Crippen LogP contribution in [0, 0.1) is 5.92 Å². The van der Waals surface area contributed by atoms with E-state index in [0.29, 0.717) is 0 Å². The van der Waals surface area contributed by atoms with Crippen molar-refractivity contribution in [2.45, 2.75) is 34.5 Å². The molecule has 6 heteroatoms. The maximum absolute atomic E-state index is 12.5. The van der Waals surface area contributed by atoms with Gasteiger partial charge in [-0.05, 0) is 55.5 Å². The van der Waals surface area contributed by atoms with Gasteiger partial charge in [0.2, 0.25) is 0 Å². The normalized spacial score (nSPS) is 25.6. The van der Waals surface area contributed by atoms with Crippen molar-refractivity contribution < 1.29 is 9.90 Å². The van der Waals surface area contributed by atoms with Crippen LogP contribution in [-0.4, -0.2) is 35.2 Å². The molecule has 0 aliphatic carbocycles. The summed E-state index contributed by atoms with van der Waals surface area (Å²) < 4.78 is 1.05. The van der Waals surface area contributed by atoms with Crippen molar-refractivity contribution in [1.29, 1.82) is 0 Å². The first-order valence-electron chi connectivity index (χ1n) is 8.29. The first-order valence-corrected chi connectivity index (χ1v) is 9.92. The molecule has 0 spiro atoms. The van der Waals surface area contributed by atoms with E-state index in [0.717, 1.165) is 39.4 Å². The van der Waals surface area contributed by atoms with E-state index in [2.05, 4.69) is 10.2 Å². The SMILES string of the molecule is O=C(NC1CC2CCN1CC2)c1ccc(Sc2cccc(O)c2)s1. The minimum atomic E-state index is 0.0281. The van der Waals surface area contributed by atoms with Gasteiger partial charge in [0.05, 0.1) is 15.3 Å². The van der Waals surface area contributed by atoms with Gasteiger partial charge in [0.25, 0.3) is 5.91 Å². The van der Waals surface area contributed by atoms with Gasteiger partial charge in [-0.25, -0.2) is 0 Å². The number of benzene rings is 1. The summed E-state index contributed by atoms with van der Waals surface area (Å²) in [6, 6.07) is 11.0. The molecule has 1 aromatic carbocycles. The van der Waals surface area contributed by atoms with Gasteiger partial charge < -0.3 is 10.4 Å². The molecule has 3 aliphatic heterocycles. The Hall–Kier alpha value is -1.50. The molecule has 4 nitrogen and oxygen atoms in total. The molecular weight excluding hydrogens is 340 g/mol. The number of aromatic hydroxyl groups is 1. The van der Waals surface area contributed by atoms with Crippen molar-refractivity contribution in [1.82, 2.24) is 10.2 Å². The van der Waals surface area contributed by atoms with Gasteiger partial charge in [-0.2, -0.15) is 0 Å². The predicted molar refractivity (Wildman–Crippen MR) is 96.7 cm³/mol. The summed E-state index contributed by atoms with van der Waals surface area (Å²) in [6.45, 7) is 2.22. The molecule has 5 rings (SSSR count). The van der Waals surface area contributed by atoms with E-state index in [-0.39, 0.29) is 17.8 Å². The third-order valence-electron chi connectivity index (χ3n) is 4.79. The first kappa shape index (κ1) is 16.0. The number of rotatable bonds is 4. The number of phenolic OH excluding ortho intramolecular Hbond substituents is 1. The Balaban J connectivity index is 1.40. The zero-order chi connectivity index (χ0) is 16.5. The molecule has 24 heavy (non-hydrogen) atoms. The summed E-state index contributed by atoms with van der Waals surface area (Å²) in [7, 11) is 0. The standard InChI is InChI=1S/C18H20N2O2S2/c21-13-2-1-3-14(11-13)23-17-5-4-15(24-17)18(22)19-16-10-12-6-8-20(16)9-7-12/h1-5,11-12,16,21H,6-10H2,(H,19,22). The van der Waals surface area contributed by atoms with Crippen molar-refractivity contribution >= 4 is 29.0 Å². The lowest BCUT2D eigenvalue weighted by molar-refractivity contribution is 0.0296. The molecule has 0 saturated carbocycles. The van der Waals surface area contributed by atoms with Crippen LogP contribution in [-0.2, 0) is 0 Å². The van der Waals surface area contributed by atoms with Crippen LogP contribution in [0.1, 0.15) is 28.9 Å². The zero-order valence-corrected chi connectivity index (χ0v) is 14.9. The Bertz CT molecular complexity index is 738. The van der Waals surface area contributed by atoms with Crippen LogP contribution in [0.4, 0.5) is 0 Å². The molecule has 1 unspecified atom stereocenters. The second kappa shape index (κ2) is 6.78. The van der Waals surface area contributed by atoms with E-state index in [4.69, 9.17) is 0 Å². The number of hydrogen-bond donors (Lipinski definition) is 2. The third kappa shape index (κ3) is 3.45. The van der Waals surface area contributed by atoms with Crippen LogP contribution in [0.25, 0.3) is 0 Å². The monoisotopic (exact) mass is 360 g/mol. The topological polar surface area (TPSA) is 52.6 Å². The Morgan fingerprint density at radius 2 is 2.08 bits per heavy atom. The van der Waals surface area contributed by atoms with Crippen molar-refractivity contribution in [2.75, 3.05) is 13.1 Å². The van der Waals surface area contributed by atoms with E-state index in [9.17, 15) is 9.90 Å². The number of thiophene rings is 1. The van der Waals surface area contributed by atoms with E-state index < -0.39 is 0 Å². The second-order valence-electron chi connectivity index (χ2n) is 6.42. The lowest BCUT2D eigenvalue weighted by Crippen LogP contribution is -2.56. The maximum atomic E-state index is 12.5. The number of phenols is 1. The van der Waals surface area contributed by atoms with Gasteiger partial charge in [-0.3, -0.25) is 9.69 Å². The van der Waals surface area contributed by atoms with Gasteiger partial charge in [-0.1, -0.05) is 17.8 Å². The number of nitrogens with zero attached hydrogens (tertiary/aromatic N) is 1. The fourth-order valence-electron chi connectivity index (χ4n) is 3.50. The molecule has 2 bridgehead atoms. The fourth-order valence-corrected chi connectivity index (χ4v) is 5.56. The Kier molecular flexibility index (Phi) is 4.52. The van der Waals surface area contributed by atoms with Crippen LogP contribution < -0.4 is 5.32 Å². The Morgan fingerprint density at radius 1 is 1.25 bits per heavy atom. The first-order chi connectivity index (χ1) is 11.7. The predicted octanol–water partition coefficient (Wildman–Crippen LogP) is 3.78. The minimum absolute atomic E-state index is 0.0281. The molecule has 126 valence electrons. The molecule has 3 aliphatic rings. The lowest BCUT2D eigenvalue weighted by Gasteiger charge is -2.45. The average Bonchev–Trinajstić information content (AvgIpc) is 3.05. The average molecular weight is 361 g/mol. The number of carbonyl (C=O) groups is 1. The molecule has 0 radical (unpaired) electrons. The van der Waals surface area contributed by atoms with Crippen LogP contribution in [0.3, 0.4) is 0 Å². The van der Waals surface area contributed by atoms with E-state index in [1.807, 2.05) is 24.3 Å². The highest BCUT2D eigenvalue weighted by molar-refractivity contribution is 8.01. The summed E-state index contributed by atoms with van der Waals surface area (Å²) in [5.74, 6) is 1.07. The highest BCUT2D eigenvalue weighted by Crippen LogP contribution is 2.35. The molecule has 3 saturated heterocycles. The van der Waals surface area contributed by atoms with E-state index in [1.165, 1.54) is 24.2 Å². The molecule has 2 N–H and O–H groups in total. The Labute approximate surface area is 149 Å². The molecule has 1 aromatic heterocycles. The van der Waals surface area contributed by atoms with Gasteiger partial charge in [0, 0.05) is 18.0 Å². The van der Waals surface area contributed by atoms with Crippen molar-refractivity contribution in [3.63, 3.8) is 0 Å². The zero-order valence-electron chi connectivity index (χ0n) is 13.3. The molecule has 2 aromatic rings. The molecule has 1 amide bonds. The number of carbonyl (C=O) groups excluding carboxylic acids is 1. The molecule has 1 atom stereocenters. The number of hydrogen-bond acceptors (Lipinski definition) is 5. The number of fused-ring (bicyclic) bond motifs is 3. The minimum Gasteiger partial charge on any atom is -0.508 e. The van der Waals surface area contributed by atoms with Gasteiger partial charge in [-0.15, -0.1) is 11.3 Å². The van der Waals surface area contributed by atoms with Crippen LogP contribution >= 0.6 is 23.1 Å². The maximum Gasteiger partial charge on any atom is 0.262 e. The van der Waals surface area contributed by atoms with E-state index in [1.54, 1.807) is 23.9 Å². The summed E-state index contributed by atoms with van der Waals surface area (Å²) in [4.78, 5) is 16.7. The van der Waals surface area contributed by atoms with Crippen molar-refractivity contribution in [3.05, 3.63) is 41.3 Å². The van der Waals surface area contributed by atoms with Gasteiger partial charge in [0.15, 0.2) is 0 Å². The number of amides is 1. The van der Waals surface area contributed by atoms with Crippen LogP contribution in [0.5, 0.6) is 5.75 Å². The lowest BCUT2D eigenvalue weighted by atomic mass is 9.86. The third-order valence-corrected chi connectivity index (χ3v) is 6.99. The van der Waals surface area contributed by atoms with Crippen molar-refractivity contribution in [2.24, 2.45) is 5.92 Å². The van der Waals surface area contributed by atoms with Crippen LogP contribution in [0.2, 0.25) is 0 Å². The second-order valence-corrected chi connectivity index (χ2v) is 8.88. The fraction of sp³-hybridized carbons (Fsp3) is 0.389. The highest BCUT2D eigenvalue weighted by atomic mass is 32.2. The molecular formula is C18H20N2O2S2. The van der Waals surface area contributed by atoms with Gasteiger partial charge in [0.1, 0.15) is 5.75 Å². The van der Waals surface area contributed by atoms with Gasteiger partial charge >= 0.3 is 0 Å². The molecule has 3 fully saturated rings. The summed E-state index contributed by atoms with van der Waals surface area (Å²) >= 11 is 3.07. The quantitative estimate of drug-likeness (QED) is 0.871. The number of piperidine rings is 3. The number of nitrogens with one attached hydrogen (secondary N) is 1. The molecule has 4 heterocycles. The Morgan fingerprint density at radius 3 is 2.79 bits per heavy atom.